The van der Waals surface area contributed by atoms with E-state index >= 15 is 0 Å². The number of primary amides is 1. The van der Waals surface area contributed by atoms with E-state index in [9.17, 15) is 19.7 Å². The van der Waals surface area contributed by atoms with Crippen LogP contribution in [0, 0.1) is 10.1 Å². The van der Waals surface area contributed by atoms with Gasteiger partial charge in [-0.15, -0.1) is 11.3 Å². The highest BCUT2D eigenvalue weighted by molar-refractivity contribution is 7.17. The molecule has 1 aliphatic carbocycles. The van der Waals surface area contributed by atoms with Crippen LogP contribution < -0.4 is 15.8 Å². The molecule has 9 nitrogen and oxygen atoms in total. The van der Waals surface area contributed by atoms with Crippen LogP contribution in [0.5, 0.6) is 5.75 Å². The van der Waals surface area contributed by atoms with E-state index in [-0.39, 0.29) is 5.75 Å². The number of nitrogens with one attached hydrogen (secondary N) is 1. The number of ether oxygens (including phenoxy) is 1. The molecular formula is C16H16N4O5S. The number of anilines is 1. The van der Waals surface area contributed by atoms with Gasteiger partial charge in [0.1, 0.15) is 11.2 Å². The number of nitrogens with two attached hydrogens (primary N) is 1. The second-order valence-electron chi connectivity index (χ2n) is 5.70. The molecule has 26 heavy (non-hydrogen) atoms. The fraction of sp³-hybridized carbons (Fsp3) is 0.312. The summed E-state index contributed by atoms with van der Waals surface area (Å²) >= 11 is 1.34. The predicted octanol–water partition coefficient (Wildman–Crippen LogP) is 2.05. The molecule has 0 radical (unpaired) electrons. The highest BCUT2D eigenvalue weighted by Crippen LogP contribution is 2.37. The van der Waals surface area contributed by atoms with Gasteiger partial charge in [0.2, 0.25) is 5.75 Å². The molecule has 3 N–H and O–H groups in total. The summed E-state index contributed by atoms with van der Waals surface area (Å²) in [4.78, 5) is 38.9. The fourth-order valence-corrected chi connectivity index (χ4v) is 4.16. The minimum absolute atomic E-state index is 0.103. The maximum absolute atomic E-state index is 12.2. The first kappa shape index (κ1) is 17.8. The average molecular weight is 376 g/mol. The topological polar surface area (TPSA) is 137 Å². The Kier molecular flexibility index (Phi) is 5.12. The van der Waals surface area contributed by atoms with E-state index in [4.69, 9.17) is 10.5 Å². The van der Waals surface area contributed by atoms with E-state index in [2.05, 4.69) is 10.3 Å². The predicted molar refractivity (Wildman–Crippen MR) is 94.5 cm³/mol. The van der Waals surface area contributed by atoms with Crippen molar-refractivity contribution >= 4 is 34.0 Å². The zero-order valence-electron chi connectivity index (χ0n) is 13.7. The lowest BCUT2D eigenvalue weighted by atomic mass is 9.95. The highest BCUT2D eigenvalue weighted by atomic mass is 32.1. The number of thiophene rings is 1. The van der Waals surface area contributed by atoms with E-state index in [1.165, 1.54) is 29.7 Å². The molecule has 2 aromatic heterocycles. The van der Waals surface area contributed by atoms with Gasteiger partial charge < -0.3 is 25.9 Å². The smallest absolute Gasteiger partial charge is 0.406 e. The molecule has 0 unspecified atom stereocenters. The average Bonchev–Trinajstić information content (AvgIpc) is 2.98. The minimum Gasteiger partial charge on any atom is -0.476 e. The molecule has 2 amide bonds. The Morgan fingerprint density at radius 3 is 2.88 bits per heavy atom. The molecule has 0 aromatic carbocycles. The van der Waals surface area contributed by atoms with E-state index in [0.29, 0.717) is 10.6 Å². The Bertz CT molecular complexity index is 880. The van der Waals surface area contributed by atoms with Gasteiger partial charge in [-0.1, -0.05) is 0 Å². The molecule has 0 spiro atoms. The number of hydrogen-bond donors (Lipinski definition) is 2. The first-order valence-corrected chi connectivity index (χ1v) is 8.75. The number of hydrogen-bond acceptors (Lipinski definition) is 7. The van der Waals surface area contributed by atoms with Gasteiger partial charge in [-0.25, -0.2) is 0 Å². The largest absolute Gasteiger partial charge is 0.476 e. The van der Waals surface area contributed by atoms with Crippen molar-refractivity contribution in [3.8, 4) is 5.75 Å². The Labute approximate surface area is 152 Å². The van der Waals surface area contributed by atoms with Crippen molar-refractivity contribution in [2.75, 3.05) is 11.9 Å². The van der Waals surface area contributed by atoms with Crippen molar-refractivity contribution in [1.29, 1.82) is 0 Å². The normalized spacial score (nSPS) is 12.9. The van der Waals surface area contributed by atoms with Gasteiger partial charge in [0, 0.05) is 4.88 Å². The molecule has 10 heteroatoms. The lowest BCUT2D eigenvalue weighted by Crippen LogP contribution is -2.22. The summed E-state index contributed by atoms with van der Waals surface area (Å²) in [5, 5.41) is 13.9. The molecule has 136 valence electrons. The molecule has 2 heterocycles. The number of aromatic nitrogens is 1. The molecule has 2 aromatic rings. The second-order valence-corrected chi connectivity index (χ2v) is 6.80. The number of rotatable bonds is 6. The van der Waals surface area contributed by atoms with Crippen LogP contribution >= 0.6 is 11.3 Å². The second kappa shape index (κ2) is 7.48. The van der Waals surface area contributed by atoms with Crippen molar-refractivity contribution in [2.45, 2.75) is 25.7 Å². The first-order chi connectivity index (χ1) is 12.5. The van der Waals surface area contributed by atoms with E-state index in [1.54, 1.807) is 0 Å². The number of aryl methyl sites for hydroxylation is 1. The third-order valence-corrected chi connectivity index (χ3v) is 5.16. The summed E-state index contributed by atoms with van der Waals surface area (Å²) in [7, 11) is 0. The van der Waals surface area contributed by atoms with Gasteiger partial charge in [-0.05, 0) is 53.3 Å². The number of nitro groups is 1. The first-order valence-electron chi connectivity index (χ1n) is 7.93. The molecule has 1 aliphatic rings. The molecule has 0 saturated heterocycles. The maximum atomic E-state index is 12.2. The van der Waals surface area contributed by atoms with Crippen molar-refractivity contribution in [2.24, 2.45) is 5.73 Å². The van der Waals surface area contributed by atoms with Crippen LogP contribution in [0.25, 0.3) is 0 Å². The number of fused-ring (bicyclic) bond motifs is 1. The standard InChI is InChI=1S/C16H16N4O5S/c17-14(22)13-9-4-1-2-6-11(9)26-16(13)19-12(21)8-25-10-5-3-7-18-15(10)20(23)24/h3,5,7H,1-2,4,6,8H2,(H2,17,22)(H,19,21). The lowest BCUT2D eigenvalue weighted by molar-refractivity contribution is -0.390. The third-order valence-electron chi connectivity index (χ3n) is 3.95. The Hall–Kier alpha value is -3.01. The molecule has 3 rings (SSSR count). The van der Waals surface area contributed by atoms with Crippen LogP contribution in [-0.2, 0) is 17.6 Å². The van der Waals surface area contributed by atoms with Crippen molar-refractivity contribution in [3.05, 3.63) is 44.4 Å². The number of nitrogens with zero attached hydrogens (tertiary/aromatic N) is 2. The van der Waals surface area contributed by atoms with Crippen LogP contribution in [0.3, 0.4) is 0 Å². The zero-order chi connectivity index (χ0) is 18.7. The molecule has 0 atom stereocenters. The summed E-state index contributed by atoms with van der Waals surface area (Å²) in [6, 6.07) is 2.83. The van der Waals surface area contributed by atoms with E-state index < -0.39 is 29.2 Å². The zero-order valence-corrected chi connectivity index (χ0v) is 14.5. The Balaban J connectivity index is 1.72. The molecular weight excluding hydrogens is 360 g/mol. The quantitative estimate of drug-likeness (QED) is 0.584. The van der Waals surface area contributed by atoms with Gasteiger partial charge >= 0.3 is 5.82 Å². The monoisotopic (exact) mass is 376 g/mol. The summed E-state index contributed by atoms with van der Waals surface area (Å²) in [6.45, 7) is -0.451. The summed E-state index contributed by atoms with van der Waals surface area (Å²) < 4.78 is 5.21. The van der Waals surface area contributed by atoms with Gasteiger partial charge in [-0.3, -0.25) is 9.59 Å². The van der Waals surface area contributed by atoms with Gasteiger partial charge in [0.15, 0.2) is 6.61 Å². The van der Waals surface area contributed by atoms with Crippen LogP contribution in [0.4, 0.5) is 10.8 Å². The van der Waals surface area contributed by atoms with Crippen LogP contribution in [0.2, 0.25) is 0 Å². The van der Waals surface area contributed by atoms with E-state index in [0.717, 1.165) is 36.1 Å². The Morgan fingerprint density at radius 2 is 2.15 bits per heavy atom. The van der Waals surface area contributed by atoms with Crippen LogP contribution in [0.15, 0.2) is 18.3 Å². The van der Waals surface area contributed by atoms with E-state index in [1.807, 2.05) is 0 Å². The third kappa shape index (κ3) is 3.64. The molecule has 0 saturated carbocycles. The fourth-order valence-electron chi connectivity index (χ4n) is 2.85. The summed E-state index contributed by atoms with van der Waals surface area (Å²) in [6.07, 6.45) is 4.89. The van der Waals surface area contributed by atoms with Gasteiger partial charge in [-0.2, -0.15) is 0 Å². The van der Waals surface area contributed by atoms with Crippen LogP contribution in [0.1, 0.15) is 33.6 Å². The number of amides is 2. The Morgan fingerprint density at radius 1 is 1.38 bits per heavy atom. The number of carbonyl (C=O) groups is 2. The minimum atomic E-state index is -0.689. The highest BCUT2D eigenvalue weighted by Gasteiger charge is 2.25. The summed E-state index contributed by atoms with van der Waals surface area (Å²) in [5.74, 6) is -1.69. The maximum Gasteiger partial charge on any atom is 0.406 e. The molecule has 0 bridgehead atoms. The van der Waals surface area contributed by atoms with Crippen molar-refractivity contribution in [3.63, 3.8) is 0 Å². The lowest BCUT2D eigenvalue weighted by Gasteiger charge is -2.11. The van der Waals surface area contributed by atoms with Crippen LogP contribution in [-0.4, -0.2) is 28.3 Å². The molecule has 0 aliphatic heterocycles. The van der Waals surface area contributed by atoms with Gasteiger partial charge in [0.25, 0.3) is 11.8 Å². The number of pyridine rings is 1. The van der Waals surface area contributed by atoms with Gasteiger partial charge in [0.05, 0.1) is 5.56 Å². The SMILES string of the molecule is NC(=O)c1c(NC(=O)COc2cccnc2[N+](=O)[O-])sc2c1CCCC2. The summed E-state index contributed by atoms with van der Waals surface area (Å²) in [5.41, 5.74) is 6.74. The van der Waals surface area contributed by atoms with Crippen molar-refractivity contribution < 1.29 is 19.2 Å². The number of carbonyl (C=O) groups excluding carboxylic acids is 2. The molecule has 0 fully saturated rings. The van der Waals surface area contributed by atoms with Crippen molar-refractivity contribution in [1.82, 2.24) is 4.98 Å².